The molecule has 1 atom stereocenters. The van der Waals surface area contributed by atoms with E-state index in [1.54, 1.807) is 7.05 Å². The first-order valence-electron chi connectivity index (χ1n) is 6.61. The first-order valence-corrected chi connectivity index (χ1v) is 6.61. The Morgan fingerprint density at radius 3 is 2.33 bits per heavy atom. The van der Waals surface area contributed by atoms with Gasteiger partial charge in [-0.25, -0.2) is 0 Å². The Morgan fingerprint density at radius 2 is 1.89 bits per heavy atom. The number of carbonyl (C=O) groups excluding carboxylic acids is 2. The SMILES string of the molecule is CNC(=O)CC1CCN(C(=O)[C@H](C)N(C)C)CC1. The predicted molar refractivity (Wildman–Crippen MR) is 71.1 cm³/mol. The molecule has 1 aliphatic rings. The van der Waals surface area contributed by atoms with Crippen molar-refractivity contribution in [3.05, 3.63) is 0 Å². The summed E-state index contributed by atoms with van der Waals surface area (Å²) in [6.45, 7) is 3.48. The van der Waals surface area contributed by atoms with Crippen LogP contribution in [0.3, 0.4) is 0 Å². The molecule has 104 valence electrons. The molecule has 0 spiro atoms. The number of nitrogens with zero attached hydrogens (tertiary/aromatic N) is 2. The van der Waals surface area contributed by atoms with Crippen LogP contribution in [0, 0.1) is 5.92 Å². The van der Waals surface area contributed by atoms with E-state index < -0.39 is 0 Å². The van der Waals surface area contributed by atoms with Crippen molar-refractivity contribution in [3.63, 3.8) is 0 Å². The maximum atomic E-state index is 12.1. The number of amides is 2. The van der Waals surface area contributed by atoms with Crippen LogP contribution in [0.25, 0.3) is 0 Å². The molecule has 0 radical (unpaired) electrons. The van der Waals surface area contributed by atoms with Crippen molar-refractivity contribution in [2.75, 3.05) is 34.2 Å². The molecule has 5 nitrogen and oxygen atoms in total. The average Bonchev–Trinajstić information content (AvgIpc) is 2.37. The monoisotopic (exact) mass is 255 g/mol. The average molecular weight is 255 g/mol. The summed E-state index contributed by atoms with van der Waals surface area (Å²) in [6, 6.07) is -0.0690. The van der Waals surface area contributed by atoms with E-state index in [0.717, 1.165) is 25.9 Å². The lowest BCUT2D eigenvalue weighted by atomic mass is 9.93. The summed E-state index contributed by atoms with van der Waals surface area (Å²) in [4.78, 5) is 27.3. The molecule has 0 bridgehead atoms. The van der Waals surface area contributed by atoms with Gasteiger partial charge in [-0.2, -0.15) is 0 Å². The van der Waals surface area contributed by atoms with Crippen molar-refractivity contribution in [2.24, 2.45) is 5.92 Å². The quantitative estimate of drug-likeness (QED) is 0.786. The molecular formula is C13H25N3O2. The number of carbonyl (C=O) groups is 2. The van der Waals surface area contributed by atoms with Crippen LogP contribution in [0.5, 0.6) is 0 Å². The van der Waals surface area contributed by atoms with Gasteiger partial charge in [0.05, 0.1) is 6.04 Å². The van der Waals surface area contributed by atoms with Gasteiger partial charge in [0.15, 0.2) is 0 Å². The van der Waals surface area contributed by atoms with Crippen LogP contribution in [0.1, 0.15) is 26.2 Å². The third kappa shape index (κ3) is 3.98. The number of piperidine rings is 1. The zero-order valence-electron chi connectivity index (χ0n) is 11.9. The van der Waals surface area contributed by atoms with Crippen LogP contribution in [0.2, 0.25) is 0 Å². The van der Waals surface area contributed by atoms with E-state index in [9.17, 15) is 9.59 Å². The maximum absolute atomic E-state index is 12.1. The van der Waals surface area contributed by atoms with E-state index >= 15 is 0 Å². The van der Waals surface area contributed by atoms with Gasteiger partial charge in [0, 0.05) is 26.6 Å². The molecule has 0 saturated carbocycles. The Kier molecular flexibility index (Phi) is 5.59. The molecule has 1 rings (SSSR count). The summed E-state index contributed by atoms with van der Waals surface area (Å²) in [5.41, 5.74) is 0. The Hall–Kier alpha value is -1.10. The summed E-state index contributed by atoms with van der Waals surface area (Å²) >= 11 is 0. The number of likely N-dealkylation sites (tertiary alicyclic amines) is 1. The van der Waals surface area contributed by atoms with Crippen molar-refractivity contribution in [1.29, 1.82) is 0 Å². The summed E-state index contributed by atoms with van der Waals surface area (Å²) in [5.74, 6) is 0.712. The highest BCUT2D eigenvalue weighted by Gasteiger charge is 2.27. The van der Waals surface area contributed by atoms with Crippen LogP contribution in [0.15, 0.2) is 0 Å². The van der Waals surface area contributed by atoms with Crippen LogP contribution in [-0.4, -0.2) is 61.9 Å². The van der Waals surface area contributed by atoms with E-state index in [-0.39, 0.29) is 17.9 Å². The van der Waals surface area contributed by atoms with E-state index in [4.69, 9.17) is 0 Å². The molecule has 0 aromatic heterocycles. The lowest BCUT2D eigenvalue weighted by molar-refractivity contribution is -0.137. The molecule has 1 fully saturated rings. The van der Waals surface area contributed by atoms with Gasteiger partial charge in [-0.1, -0.05) is 0 Å². The normalized spacial score (nSPS) is 18.8. The molecule has 1 aliphatic heterocycles. The van der Waals surface area contributed by atoms with E-state index in [0.29, 0.717) is 12.3 Å². The highest BCUT2D eigenvalue weighted by molar-refractivity contribution is 5.81. The summed E-state index contributed by atoms with van der Waals surface area (Å²) in [5, 5.41) is 2.65. The molecule has 1 heterocycles. The van der Waals surface area contributed by atoms with Crippen molar-refractivity contribution in [3.8, 4) is 0 Å². The number of hydrogen-bond donors (Lipinski definition) is 1. The van der Waals surface area contributed by atoms with Crippen LogP contribution in [-0.2, 0) is 9.59 Å². The summed E-state index contributed by atoms with van der Waals surface area (Å²) in [6.07, 6.45) is 2.44. The minimum Gasteiger partial charge on any atom is -0.359 e. The Bertz CT molecular complexity index is 297. The van der Waals surface area contributed by atoms with Gasteiger partial charge in [0.1, 0.15) is 0 Å². The maximum Gasteiger partial charge on any atom is 0.239 e. The van der Waals surface area contributed by atoms with Crippen molar-refractivity contribution in [1.82, 2.24) is 15.1 Å². The molecule has 0 aliphatic carbocycles. The van der Waals surface area contributed by atoms with Crippen LogP contribution >= 0.6 is 0 Å². The van der Waals surface area contributed by atoms with E-state index in [2.05, 4.69) is 5.32 Å². The van der Waals surface area contributed by atoms with Crippen molar-refractivity contribution < 1.29 is 9.59 Å². The Morgan fingerprint density at radius 1 is 1.33 bits per heavy atom. The minimum atomic E-state index is -0.0690. The smallest absolute Gasteiger partial charge is 0.239 e. The number of rotatable bonds is 4. The molecule has 5 heteroatoms. The lowest BCUT2D eigenvalue weighted by Gasteiger charge is -2.34. The molecule has 0 unspecified atom stereocenters. The zero-order chi connectivity index (χ0) is 13.7. The topological polar surface area (TPSA) is 52.7 Å². The van der Waals surface area contributed by atoms with Gasteiger partial charge in [-0.05, 0) is 39.8 Å². The fraction of sp³-hybridized carbons (Fsp3) is 0.846. The molecule has 0 aromatic rings. The molecule has 18 heavy (non-hydrogen) atoms. The van der Waals surface area contributed by atoms with E-state index in [1.807, 2.05) is 30.8 Å². The standard InChI is InChI=1S/C13H25N3O2/c1-10(15(3)4)13(18)16-7-5-11(6-8-16)9-12(17)14-2/h10-11H,5-9H2,1-4H3,(H,14,17)/t10-/m0/s1. The van der Waals surface area contributed by atoms with Gasteiger partial charge in [-0.3, -0.25) is 14.5 Å². The Balaban J connectivity index is 2.39. The molecule has 0 aromatic carbocycles. The molecule has 1 N–H and O–H groups in total. The predicted octanol–water partition coefficient (Wildman–Crippen LogP) is 0.311. The highest BCUT2D eigenvalue weighted by atomic mass is 16.2. The number of nitrogens with one attached hydrogen (secondary N) is 1. The number of likely N-dealkylation sites (N-methyl/N-ethyl adjacent to an activating group) is 1. The van der Waals surface area contributed by atoms with Gasteiger partial charge >= 0.3 is 0 Å². The fourth-order valence-electron chi connectivity index (χ4n) is 2.21. The zero-order valence-corrected chi connectivity index (χ0v) is 11.9. The second-order valence-electron chi connectivity index (χ2n) is 5.29. The van der Waals surface area contributed by atoms with Crippen molar-refractivity contribution >= 4 is 11.8 Å². The van der Waals surface area contributed by atoms with Crippen molar-refractivity contribution in [2.45, 2.75) is 32.2 Å². The third-order valence-electron chi connectivity index (χ3n) is 3.81. The first-order chi connectivity index (χ1) is 8.45. The van der Waals surface area contributed by atoms with Crippen LogP contribution in [0.4, 0.5) is 0 Å². The fourth-order valence-corrected chi connectivity index (χ4v) is 2.21. The summed E-state index contributed by atoms with van der Waals surface area (Å²) in [7, 11) is 5.50. The second-order valence-corrected chi connectivity index (χ2v) is 5.29. The van der Waals surface area contributed by atoms with Gasteiger partial charge in [0.25, 0.3) is 0 Å². The van der Waals surface area contributed by atoms with Crippen LogP contribution < -0.4 is 5.32 Å². The largest absolute Gasteiger partial charge is 0.359 e. The summed E-state index contributed by atoms with van der Waals surface area (Å²) < 4.78 is 0. The third-order valence-corrected chi connectivity index (χ3v) is 3.81. The minimum absolute atomic E-state index is 0.0690. The van der Waals surface area contributed by atoms with Gasteiger partial charge in [0.2, 0.25) is 11.8 Å². The Labute approximate surface area is 110 Å². The van der Waals surface area contributed by atoms with Gasteiger partial charge in [-0.15, -0.1) is 0 Å². The van der Waals surface area contributed by atoms with Gasteiger partial charge < -0.3 is 10.2 Å². The molecule has 2 amide bonds. The first kappa shape index (κ1) is 15.0. The molecular weight excluding hydrogens is 230 g/mol. The highest BCUT2D eigenvalue weighted by Crippen LogP contribution is 2.21. The second kappa shape index (κ2) is 6.73. The lowest BCUT2D eigenvalue weighted by Crippen LogP contribution is -2.47. The molecule has 1 saturated heterocycles. The van der Waals surface area contributed by atoms with E-state index in [1.165, 1.54) is 0 Å². The number of hydrogen-bond acceptors (Lipinski definition) is 3.